The number of phosphoric acid groups is 1. The average Bonchev–Trinajstić information content (AvgIpc) is 2.90. The Balaban J connectivity index is 0.00000760. The molecule has 10 heteroatoms. The molecule has 0 aliphatic heterocycles. The molecular formula is C29H47N2O7P. The standard InChI is InChI=1S/C29H44NO7P.H3N/c1-2-3-4-5-6-7-8-9-20-36-28-12-10-11-25(22-28)17-18-29(32)30(19-21-37-38(33,34)35)23-26-13-15-27(24-31)16-14-26;/h10-16,22,31H,2-9,17-21,23-24H2,1H3,(H2,33,34,35);1H3. The van der Waals surface area contributed by atoms with E-state index in [-0.39, 0.29) is 44.8 Å². The second-order valence-electron chi connectivity index (χ2n) is 9.58. The molecule has 2 rings (SSSR count). The van der Waals surface area contributed by atoms with Crippen LogP contribution in [0.15, 0.2) is 48.5 Å². The molecule has 2 aromatic carbocycles. The van der Waals surface area contributed by atoms with Gasteiger partial charge in [0.2, 0.25) is 5.91 Å². The molecule has 220 valence electrons. The van der Waals surface area contributed by atoms with Crippen LogP contribution in [0.5, 0.6) is 5.75 Å². The first kappa shape index (κ1) is 34.8. The normalized spacial score (nSPS) is 11.2. The van der Waals surface area contributed by atoms with E-state index in [2.05, 4.69) is 11.4 Å². The smallest absolute Gasteiger partial charge is 0.469 e. The number of hydrogen-bond acceptors (Lipinski definition) is 6. The van der Waals surface area contributed by atoms with Crippen LogP contribution in [-0.4, -0.2) is 45.5 Å². The molecule has 0 aliphatic carbocycles. The molecule has 0 bridgehead atoms. The molecule has 0 spiro atoms. The average molecular weight is 567 g/mol. The number of benzene rings is 2. The van der Waals surface area contributed by atoms with Crippen LogP contribution in [0.3, 0.4) is 0 Å². The summed E-state index contributed by atoms with van der Waals surface area (Å²) in [7, 11) is -4.62. The predicted molar refractivity (Wildman–Crippen MR) is 154 cm³/mol. The summed E-state index contributed by atoms with van der Waals surface area (Å²) in [6, 6.07) is 15.0. The molecule has 0 aromatic heterocycles. The van der Waals surface area contributed by atoms with Crippen molar-refractivity contribution < 1.29 is 33.5 Å². The highest BCUT2D eigenvalue weighted by atomic mass is 31.2. The Morgan fingerprint density at radius 3 is 2.15 bits per heavy atom. The molecule has 0 fully saturated rings. The maximum atomic E-state index is 13.0. The molecule has 0 radical (unpaired) electrons. The number of amides is 1. The second kappa shape index (κ2) is 19.7. The molecule has 6 N–H and O–H groups in total. The first-order chi connectivity index (χ1) is 18.3. The monoisotopic (exact) mass is 566 g/mol. The van der Waals surface area contributed by atoms with Gasteiger partial charge in [-0.2, -0.15) is 0 Å². The zero-order valence-corrected chi connectivity index (χ0v) is 24.2. The SMILES string of the molecule is CCCCCCCCCCOc1cccc(CCC(=O)N(CCOP(=O)(O)O)Cc2ccc(CO)cc2)c1.N. The third kappa shape index (κ3) is 15.8. The lowest BCUT2D eigenvalue weighted by molar-refractivity contribution is -0.132. The number of nitrogens with zero attached hydrogens (tertiary/aromatic N) is 1. The summed E-state index contributed by atoms with van der Waals surface area (Å²) in [5, 5.41) is 9.24. The molecule has 39 heavy (non-hydrogen) atoms. The Morgan fingerprint density at radius 1 is 0.872 bits per heavy atom. The Labute approximate surface area is 233 Å². The van der Waals surface area contributed by atoms with E-state index in [1.165, 1.54) is 49.8 Å². The Morgan fingerprint density at radius 2 is 1.51 bits per heavy atom. The summed E-state index contributed by atoms with van der Waals surface area (Å²) < 4.78 is 21.6. The number of unbranched alkanes of at least 4 members (excludes halogenated alkanes) is 7. The van der Waals surface area contributed by atoms with Crippen LogP contribution >= 0.6 is 7.82 Å². The number of hydrogen-bond donors (Lipinski definition) is 4. The Bertz CT molecular complexity index is 982. The number of aryl methyl sites for hydroxylation is 1. The van der Waals surface area contributed by atoms with Gasteiger partial charge in [0.25, 0.3) is 0 Å². The van der Waals surface area contributed by atoms with Gasteiger partial charge in [0.15, 0.2) is 0 Å². The first-order valence-corrected chi connectivity index (χ1v) is 15.2. The van der Waals surface area contributed by atoms with Crippen LogP contribution in [0.4, 0.5) is 0 Å². The van der Waals surface area contributed by atoms with Crippen molar-refractivity contribution >= 4 is 13.7 Å². The van der Waals surface area contributed by atoms with E-state index >= 15 is 0 Å². The maximum absolute atomic E-state index is 13.0. The number of aliphatic hydroxyl groups is 1. The number of phosphoric ester groups is 1. The largest absolute Gasteiger partial charge is 0.494 e. The van der Waals surface area contributed by atoms with Gasteiger partial charge in [0.1, 0.15) is 5.75 Å². The van der Waals surface area contributed by atoms with Gasteiger partial charge in [0, 0.05) is 19.5 Å². The van der Waals surface area contributed by atoms with Crippen LogP contribution in [0.2, 0.25) is 0 Å². The maximum Gasteiger partial charge on any atom is 0.469 e. The quantitative estimate of drug-likeness (QED) is 0.114. The van der Waals surface area contributed by atoms with E-state index in [1.807, 2.05) is 36.4 Å². The molecule has 0 heterocycles. The molecule has 2 aromatic rings. The van der Waals surface area contributed by atoms with Crippen LogP contribution in [-0.2, 0) is 33.5 Å². The lowest BCUT2D eigenvalue weighted by Gasteiger charge is -2.23. The third-order valence-corrected chi connectivity index (χ3v) is 6.86. The molecule has 0 atom stereocenters. The molecule has 0 aliphatic rings. The summed E-state index contributed by atoms with van der Waals surface area (Å²) in [4.78, 5) is 32.6. The fourth-order valence-electron chi connectivity index (χ4n) is 4.16. The van der Waals surface area contributed by atoms with E-state index in [9.17, 15) is 14.5 Å². The van der Waals surface area contributed by atoms with Crippen molar-refractivity contribution in [3.63, 3.8) is 0 Å². The zero-order valence-electron chi connectivity index (χ0n) is 23.3. The highest BCUT2D eigenvalue weighted by Crippen LogP contribution is 2.35. The van der Waals surface area contributed by atoms with Crippen LogP contribution in [0.25, 0.3) is 0 Å². The number of ether oxygens (including phenoxy) is 1. The molecule has 0 unspecified atom stereocenters. The summed E-state index contributed by atoms with van der Waals surface area (Å²) in [5.74, 6) is 0.657. The van der Waals surface area contributed by atoms with E-state index < -0.39 is 7.82 Å². The van der Waals surface area contributed by atoms with Crippen molar-refractivity contribution in [3.8, 4) is 5.75 Å². The second-order valence-corrected chi connectivity index (χ2v) is 10.8. The van der Waals surface area contributed by atoms with Crippen LogP contribution in [0.1, 0.15) is 81.4 Å². The molecular weight excluding hydrogens is 519 g/mol. The summed E-state index contributed by atoms with van der Waals surface area (Å²) in [6.07, 6.45) is 10.8. The first-order valence-electron chi connectivity index (χ1n) is 13.7. The van der Waals surface area contributed by atoms with Crippen molar-refractivity contribution in [2.75, 3.05) is 19.8 Å². The fraction of sp³-hybridized carbons (Fsp3) is 0.552. The summed E-state index contributed by atoms with van der Waals surface area (Å²) in [5.41, 5.74) is 2.61. The zero-order chi connectivity index (χ0) is 27.6. The number of rotatable bonds is 20. The highest BCUT2D eigenvalue weighted by molar-refractivity contribution is 7.46. The van der Waals surface area contributed by atoms with Gasteiger partial charge in [-0.15, -0.1) is 0 Å². The lowest BCUT2D eigenvalue weighted by Crippen LogP contribution is -2.33. The summed E-state index contributed by atoms with van der Waals surface area (Å²) in [6.45, 7) is 2.90. The van der Waals surface area contributed by atoms with Crippen molar-refractivity contribution in [2.24, 2.45) is 0 Å². The van der Waals surface area contributed by atoms with Crippen LogP contribution in [0, 0.1) is 0 Å². The van der Waals surface area contributed by atoms with Gasteiger partial charge < -0.3 is 30.7 Å². The van der Waals surface area contributed by atoms with Crippen molar-refractivity contribution in [1.29, 1.82) is 0 Å². The van der Waals surface area contributed by atoms with Crippen molar-refractivity contribution in [1.82, 2.24) is 11.1 Å². The minimum absolute atomic E-state index is 0. The lowest BCUT2D eigenvalue weighted by atomic mass is 10.1. The Kier molecular flexibility index (Phi) is 17.6. The van der Waals surface area contributed by atoms with Gasteiger partial charge in [-0.25, -0.2) is 4.57 Å². The van der Waals surface area contributed by atoms with Crippen LogP contribution < -0.4 is 10.9 Å². The number of carbonyl (C=O) groups excluding carboxylic acids is 1. The van der Waals surface area contributed by atoms with E-state index in [1.54, 1.807) is 12.1 Å². The van der Waals surface area contributed by atoms with Gasteiger partial charge in [0.05, 0.1) is 19.8 Å². The van der Waals surface area contributed by atoms with E-state index in [0.717, 1.165) is 28.9 Å². The van der Waals surface area contributed by atoms with Crippen molar-refractivity contribution in [2.45, 2.75) is 84.3 Å². The summed E-state index contributed by atoms with van der Waals surface area (Å²) >= 11 is 0. The molecule has 0 saturated heterocycles. The van der Waals surface area contributed by atoms with E-state index in [0.29, 0.717) is 13.0 Å². The van der Waals surface area contributed by atoms with Gasteiger partial charge in [-0.3, -0.25) is 9.32 Å². The Hall–Kier alpha value is -2.26. The fourth-order valence-corrected chi connectivity index (χ4v) is 4.48. The van der Waals surface area contributed by atoms with E-state index in [4.69, 9.17) is 14.5 Å². The third-order valence-electron chi connectivity index (χ3n) is 6.34. The minimum atomic E-state index is -4.62. The van der Waals surface area contributed by atoms with Gasteiger partial charge in [-0.1, -0.05) is 88.3 Å². The predicted octanol–water partition coefficient (Wildman–Crippen LogP) is 5.93. The minimum Gasteiger partial charge on any atom is -0.494 e. The van der Waals surface area contributed by atoms with Gasteiger partial charge in [-0.05, 0) is 41.7 Å². The molecule has 9 nitrogen and oxygen atoms in total. The topological polar surface area (TPSA) is 152 Å². The molecule has 1 amide bonds. The highest BCUT2D eigenvalue weighted by Gasteiger charge is 2.18. The molecule has 0 saturated carbocycles. The van der Waals surface area contributed by atoms with Gasteiger partial charge >= 0.3 is 7.82 Å². The number of carbonyl (C=O) groups is 1. The van der Waals surface area contributed by atoms with Crippen molar-refractivity contribution in [3.05, 3.63) is 65.2 Å². The number of aliphatic hydroxyl groups excluding tert-OH is 1.